The normalized spacial score (nSPS) is 16.0. The van der Waals surface area contributed by atoms with Crippen molar-refractivity contribution in [2.45, 2.75) is 12.8 Å². The van der Waals surface area contributed by atoms with Crippen LogP contribution >= 0.6 is 0 Å². The molecular formula is C11H11N. The van der Waals surface area contributed by atoms with Crippen molar-refractivity contribution in [2.75, 3.05) is 0 Å². The van der Waals surface area contributed by atoms with Crippen LogP contribution in [-0.4, -0.2) is 4.98 Å². The zero-order valence-electron chi connectivity index (χ0n) is 7.01. The first kappa shape index (κ1) is 7.29. The van der Waals surface area contributed by atoms with Crippen LogP contribution in [0.15, 0.2) is 37.1 Å². The number of hydrogen-bond donors (Lipinski definition) is 0. The van der Waals surface area contributed by atoms with E-state index in [2.05, 4.69) is 24.2 Å². The van der Waals surface area contributed by atoms with E-state index in [1.165, 1.54) is 5.56 Å². The van der Waals surface area contributed by atoms with E-state index in [4.69, 9.17) is 0 Å². The van der Waals surface area contributed by atoms with Crippen LogP contribution in [0.5, 0.6) is 0 Å². The van der Waals surface area contributed by atoms with Crippen molar-refractivity contribution in [3.05, 3.63) is 48.3 Å². The van der Waals surface area contributed by atoms with Crippen molar-refractivity contribution in [3.8, 4) is 0 Å². The van der Waals surface area contributed by atoms with Crippen LogP contribution in [0.4, 0.5) is 0 Å². The van der Waals surface area contributed by atoms with Crippen LogP contribution < -0.4 is 0 Å². The Balaban J connectivity index is 2.56. The number of aryl methyl sites for hydroxylation is 1. The lowest BCUT2D eigenvalue weighted by atomic mass is 9.88. The van der Waals surface area contributed by atoms with Crippen molar-refractivity contribution < 1.29 is 0 Å². The first-order valence-corrected chi connectivity index (χ1v) is 4.10. The summed E-state index contributed by atoms with van der Waals surface area (Å²) >= 11 is 0. The van der Waals surface area contributed by atoms with Gasteiger partial charge in [-0.3, -0.25) is 4.98 Å². The standard InChI is InChI=1S/C11H11N/c1-8-5-6-11-10(9(8)2)4-3-7-12-11/h3-4,7H,1-2,5-6H2. The fourth-order valence-corrected chi connectivity index (χ4v) is 1.52. The zero-order valence-corrected chi connectivity index (χ0v) is 7.01. The summed E-state index contributed by atoms with van der Waals surface area (Å²) in [4.78, 5) is 4.30. The summed E-state index contributed by atoms with van der Waals surface area (Å²) in [5, 5.41) is 0. The second-order valence-corrected chi connectivity index (χ2v) is 3.08. The molecule has 1 nitrogen and oxygen atoms in total. The van der Waals surface area contributed by atoms with Gasteiger partial charge in [-0.1, -0.05) is 19.2 Å². The number of nitrogens with zero attached hydrogens (tertiary/aromatic N) is 1. The minimum Gasteiger partial charge on any atom is -0.261 e. The second-order valence-electron chi connectivity index (χ2n) is 3.08. The molecule has 0 amide bonds. The van der Waals surface area contributed by atoms with Gasteiger partial charge in [0.25, 0.3) is 0 Å². The number of aromatic nitrogens is 1. The predicted molar refractivity (Wildman–Crippen MR) is 50.7 cm³/mol. The molecule has 0 aliphatic heterocycles. The van der Waals surface area contributed by atoms with E-state index < -0.39 is 0 Å². The summed E-state index contributed by atoms with van der Waals surface area (Å²) in [6, 6.07) is 4.01. The number of hydrogen-bond acceptors (Lipinski definition) is 1. The lowest BCUT2D eigenvalue weighted by molar-refractivity contribution is 0.894. The Morgan fingerprint density at radius 2 is 2.08 bits per heavy atom. The van der Waals surface area contributed by atoms with E-state index in [-0.39, 0.29) is 0 Å². The molecule has 1 aliphatic rings. The third-order valence-corrected chi connectivity index (χ3v) is 2.31. The van der Waals surface area contributed by atoms with Crippen LogP contribution in [0.25, 0.3) is 5.57 Å². The zero-order chi connectivity index (χ0) is 8.55. The minimum absolute atomic E-state index is 1.00. The quantitative estimate of drug-likeness (QED) is 0.564. The van der Waals surface area contributed by atoms with Crippen molar-refractivity contribution >= 4 is 5.57 Å². The average Bonchev–Trinajstić information content (AvgIpc) is 2.12. The summed E-state index contributed by atoms with van der Waals surface area (Å²) in [6.45, 7) is 7.96. The third kappa shape index (κ3) is 0.981. The number of fused-ring (bicyclic) bond motifs is 1. The second kappa shape index (κ2) is 2.59. The van der Waals surface area contributed by atoms with E-state index in [0.29, 0.717) is 0 Å². The lowest BCUT2D eigenvalue weighted by Gasteiger charge is -2.18. The SMILES string of the molecule is C=C1CCc2ncccc2C1=C. The van der Waals surface area contributed by atoms with Gasteiger partial charge in [-0.2, -0.15) is 0 Å². The van der Waals surface area contributed by atoms with Crippen molar-refractivity contribution in [1.29, 1.82) is 0 Å². The molecule has 2 rings (SSSR count). The molecule has 0 atom stereocenters. The smallest absolute Gasteiger partial charge is 0.0485 e. The first-order valence-electron chi connectivity index (χ1n) is 4.10. The van der Waals surface area contributed by atoms with E-state index in [1.54, 1.807) is 0 Å². The molecule has 0 N–H and O–H groups in total. The summed E-state index contributed by atoms with van der Waals surface area (Å²) in [6.07, 6.45) is 3.84. The highest BCUT2D eigenvalue weighted by Crippen LogP contribution is 2.30. The maximum absolute atomic E-state index is 4.30. The molecule has 0 unspecified atom stereocenters. The molecule has 0 saturated heterocycles. The Labute approximate surface area is 72.5 Å². The van der Waals surface area contributed by atoms with Gasteiger partial charge in [0.1, 0.15) is 0 Å². The van der Waals surface area contributed by atoms with Gasteiger partial charge in [-0.25, -0.2) is 0 Å². The molecule has 1 aliphatic carbocycles. The van der Waals surface area contributed by atoms with Crippen molar-refractivity contribution in [2.24, 2.45) is 0 Å². The van der Waals surface area contributed by atoms with E-state index in [0.717, 1.165) is 29.7 Å². The maximum Gasteiger partial charge on any atom is 0.0485 e. The number of pyridine rings is 1. The lowest BCUT2D eigenvalue weighted by Crippen LogP contribution is -2.04. The molecule has 0 bridgehead atoms. The molecule has 60 valence electrons. The third-order valence-electron chi connectivity index (χ3n) is 2.31. The molecular weight excluding hydrogens is 146 g/mol. The molecule has 1 heteroatoms. The summed E-state index contributed by atoms with van der Waals surface area (Å²) in [7, 11) is 0. The molecule has 0 saturated carbocycles. The predicted octanol–water partition coefficient (Wildman–Crippen LogP) is 2.60. The van der Waals surface area contributed by atoms with E-state index in [9.17, 15) is 0 Å². The van der Waals surface area contributed by atoms with Gasteiger partial charge in [-0.05, 0) is 30.1 Å². The fourth-order valence-electron chi connectivity index (χ4n) is 1.52. The summed E-state index contributed by atoms with van der Waals surface area (Å²) < 4.78 is 0. The summed E-state index contributed by atoms with van der Waals surface area (Å²) in [5.74, 6) is 0. The maximum atomic E-state index is 4.30. The highest BCUT2D eigenvalue weighted by Gasteiger charge is 2.15. The van der Waals surface area contributed by atoms with Crippen LogP contribution in [0.3, 0.4) is 0 Å². The van der Waals surface area contributed by atoms with Gasteiger partial charge < -0.3 is 0 Å². The van der Waals surface area contributed by atoms with Gasteiger partial charge in [0, 0.05) is 17.5 Å². The monoisotopic (exact) mass is 157 g/mol. The Morgan fingerprint density at radius 1 is 1.25 bits per heavy atom. The van der Waals surface area contributed by atoms with E-state index in [1.807, 2.05) is 12.3 Å². The summed E-state index contributed by atoms with van der Waals surface area (Å²) in [5.41, 5.74) is 4.54. The Hall–Kier alpha value is -1.37. The Morgan fingerprint density at radius 3 is 2.92 bits per heavy atom. The number of rotatable bonds is 0. The molecule has 0 fully saturated rings. The van der Waals surface area contributed by atoms with Gasteiger partial charge in [-0.15, -0.1) is 0 Å². The van der Waals surface area contributed by atoms with E-state index >= 15 is 0 Å². The van der Waals surface area contributed by atoms with Gasteiger partial charge in [0.05, 0.1) is 0 Å². The fraction of sp³-hybridized carbons (Fsp3) is 0.182. The van der Waals surface area contributed by atoms with Crippen LogP contribution in [0, 0.1) is 0 Å². The topological polar surface area (TPSA) is 12.9 Å². The Kier molecular flexibility index (Phi) is 1.58. The van der Waals surface area contributed by atoms with Crippen LogP contribution in [0.1, 0.15) is 17.7 Å². The molecule has 1 heterocycles. The molecule has 0 radical (unpaired) electrons. The minimum atomic E-state index is 1.00. The molecule has 0 aromatic carbocycles. The van der Waals surface area contributed by atoms with Gasteiger partial charge in [0.2, 0.25) is 0 Å². The van der Waals surface area contributed by atoms with Crippen molar-refractivity contribution in [1.82, 2.24) is 4.98 Å². The van der Waals surface area contributed by atoms with Gasteiger partial charge in [0.15, 0.2) is 0 Å². The Bertz CT molecular complexity index is 350. The van der Waals surface area contributed by atoms with Crippen LogP contribution in [-0.2, 0) is 6.42 Å². The van der Waals surface area contributed by atoms with Crippen LogP contribution in [0.2, 0.25) is 0 Å². The molecule has 1 aromatic rings. The first-order chi connectivity index (χ1) is 5.79. The van der Waals surface area contributed by atoms with Gasteiger partial charge >= 0.3 is 0 Å². The highest BCUT2D eigenvalue weighted by atomic mass is 14.7. The molecule has 0 spiro atoms. The number of allylic oxidation sites excluding steroid dienone is 2. The molecule has 12 heavy (non-hydrogen) atoms. The van der Waals surface area contributed by atoms with Crippen molar-refractivity contribution in [3.63, 3.8) is 0 Å². The molecule has 1 aromatic heterocycles. The average molecular weight is 157 g/mol. The largest absolute Gasteiger partial charge is 0.261 e. The highest BCUT2D eigenvalue weighted by molar-refractivity contribution is 5.79.